The normalized spacial score (nSPS) is 13.5. The molecule has 2 nitrogen and oxygen atoms in total. The summed E-state index contributed by atoms with van der Waals surface area (Å²) < 4.78 is 43.9. The van der Waals surface area contributed by atoms with Gasteiger partial charge in [0.2, 0.25) is 0 Å². The summed E-state index contributed by atoms with van der Waals surface area (Å²) in [6, 6.07) is 7.14. The van der Waals surface area contributed by atoms with Crippen molar-refractivity contribution < 1.29 is 17.6 Å². The summed E-state index contributed by atoms with van der Waals surface area (Å²) in [7, 11) is 1.67. The minimum atomic E-state index is -4.39. The molecular formula is C13H11BrF3NO. The molecule has 0 amide bonds. The minimum absolute atomic E-state index is 0.0260. The van der Waals surface area contributed by atoms with Crippen molar-refractivity contribution in [1.29, 1.82) is 0 Å². The Morgan fingerprint density at radius 3 is 2.53 bits per heavy atom. The summed E-state index contributed by atoms with van der Waals surface area (Å²) in [5.41, 5.74) is -0.204. The topological polar surface area (TPSA) is 25.2 Å². The number of rotatable bonds is 3. The molecule has 19 heavy (non-hydrogen) atoms. The van der Waals surface area contributed by atoms with E-state index in [1.165, 1.54) is 12.3 Å². The second kappa shape index (κ2) is 5.38. The number of halogens is 4. The molecule has 0 aliphatic rings. The first kappa shape index (κ1) is 14.1. The molecule has 1 aromatic heterocycles. The molecule has 0 aliphatic carbocycles. The fourth-order valence-corrected chi connectivity index (χ4v) is 2.34. The molecule has 102 valence electrons. The Morgan fingerprint density at radius 2 is 2.00 bits per heavy atom. The van der Waals surface area contributed by atoms with E-state index in [0.29, 0.717) is 11.3 Å². The van der Waals surface area contributed by atoms with Crippen molar-refractivity contribution in [2.24, 2.45) is 0 Å². The van der Waals surface area contributed by atoms with Crippen LogP contribution in [-0.2, 0) is 6.18 Å². The second-order valence-electron chi connectivity index (χ2n) is 3.97. The van der Waals surface area contributed by atoms with Crippen molar-refractivity contribution in [3.05, 3.63) is 58.0 Å². The zero-order valence-corrected chi connectivity index (χ0v) is 11.5. The molecule has 1 heterocycles. The van der Waals surface area contributed by atoms with Gasteiger partial charge in [-0.3, -0.25) is 0 Å². The van der Waals surface area contributed by atoms with Gasteiger partial charge >= 0.3 is 6.18 Å². The van der Waals surface area contributed by atoms with E-state index in [2.05, 4.69) is 21.2 Å². The molecule has 0 fully saturated rings. The smallest absolute Gasteiger partial charge is 0.417 e. The summed E-state index contributed by atoms with van der Waals surface area (Å²) in [5.74, 6) is 0.568. The van der Waals surface area contributed by atoms with E-state index in [9.17, 15) is 13.2 Å². The average molecular weight is 334 g/mol. The first-order chi connectivity index (χ1) is 8.93. The molecule has 0 saturated carbocycles. The quantitative estimate of drug-likeness (QED) is 0.902. The van der Waals surface area contributed by atoms with E-state index in [0.717, 1.165) is 6.07 Å². The second-order valence-corrected chi connectivity index (χ2v) is 4.83. The van der Waals surface area contributed by atoms with Gasteiger partial charge in [0.15, 0.2) is 0 Å². The number of furan rings is 1. The van der Waals surface area contributed by atoms with Crippen LogP contribution >= 0.6 is 15.9 Å². The van der Waals surface area contributed by atoms with Gasteiger partial charge in [-0.25, -0.2) is 0 Å². The van der Waals surface area contributed by atoms with E-state index in [1.807, 2.05) is 0 Å². The molecule has 2 rings (SSSR count). The summed E-state index contributed by atoms with van der Waals surface area (Å²) >= 11 is 2.92. The molecule has 1 aromatic carbocycles. The molecule has 2 aromatic rings. The lowest BCUT2D eigenvalue weighted by Gasteiger charge is -2.17. The van der Waals surface area contributed by atoms with Gasteiger partial charge in [-0.15, -0.1) is 0 Å². The summed E-state index contributed by atoms with van der Waals surface area (Å²) in [4.78, 5) is 0. The van der Waals surface area contributed by atoms with Crippen LogP contribution in [0.2, 0.25) is 0 Å². The largest absolute Gasteiger partial charge is 0.467 e. The molecule has 0 saturated heterocycles. The Hall–Kier alpha value is -1.27. The predicted octanol–water partition coefficient (Wildman–Crippen LogP) is 4.37. The van der Waals surface area contributed by atoms with Crippen molar-refractivity contribution in [2.75, 3.05) is 7.05 Å². The standard InChI is InChI=1S/C13H11BrF3NO/c1-18-12(11-3-2-6-19-11)8-4-5-10(14)9(7-8)13(15,16)17/h2-7,12,18H,1H3. The van der Waals surface area contributed by atoms with Crippen LogP contribution in [0.5, 0.6) is 0 Å². The van der Waals surface area contributed by atoms with Gasteiger partial charge in [0.25, 0.3) is 0 Å². The van der Waals surface area contributed by atoms with Gasteiger partial charge in [-0.05, 0) is 36.9 Å². The van der Waals surface area contributed by atoms with E-state index >= 15 is 0 Å². The van der Waals surface area contributed by atoms with Crippen molar-refractivity contribution >= 4 is 15.9 Å². The fourth-order valence-electron chi connectivity index (χ4n) is 1.87. The van der Waals surface area contributed by atoms with Gasteiger partial charge in [0, 0.05) is 4.47 Å². The maximum Gasteiger partial charge on any atom is 0.417 e. The predicted molar refractivity (Wildman–Crippen MR) is 68.8 cm³/mol. The Kier molecular flexibility index (Phi) is 4.01. The highest BCUT2D eigenvalue weighted by Crippen LogP contribution is 2.37. The Labute approximate surface area is 116 Å². The first-order valence-electron chi connectivity index (χ1n) is 5.51. The number of alkyl halides is 3. The van der Waals surface area contributed by atoms with Crippen LogP contribution in [0.1, 0.15) is 22.9 Å². The van der Waals surface area contributed by atoms with E-state index in [4.69, 9.17) is 4.42 Å². The van der Waals surface area contributed by atoms with Gasteiger partial charge in [-0.2, -0.15) is 13.2 Å². The third-order valence-electron chi connectivity index (χ3n) is 2.75. The van der Waals surface area contributed by atoms with E-state index in [1.54, 1.807) is 25.2 Å². The summed E-state index contributed by atoms with van der Waals surface area (Å²) in [6.07, 6.45) is -2.90. The molecule has 0 bridgehead atoms. The highest BCUT2D eigenvalue weighted by atomic mass is 79.9. The van der Waals surface area contributed by atoms with Crippen LogP contribution < -0.4 is 5.32 Å². The van der Waals surface area contributed by atoms with Gasteiger partial charge in [-0.1, -0.05) is 22.0 Å². The van der Waals surface area contributed by atoms with Gasteiger partial charge in [0.1, 0.15) is 5.76 Å². The number of nitrogens with one attached hydrogen (secondary N) is 1. The Morgan fingerprint density at radius 1 is 1.26 bits per heavy atom. The van der Waals surface area contributed by atoms with Crippen LogP contribution in [0.4, 0.5) is 13.2 Å². The van der Waals surface area contributed by atoms with E-state index in [-0.39, 0.29) is 4.47 Å². The lowest BCUT2D eigenvalue weighted by Crippen LogP contribution is -2.18. The van der Waals surface area contributed by atoms with Crippen molar-refractivity contribution in [2.45, 2.75) is 12.2 Å². The number of hydrogen-bond acceptors (Lipinski definition) is 2. The average Bonchev–Trinajstić information content (AvgIpc) is 2.84. The zero-order chi connectivity index (χ0) is 14.0. The monoisotopic (exact) mass is 333 g/mol. The van der Waals surface area contributed by atoms with E-state index < -0.39 is 17.8 Å². The number of hydrogen-bond donors (Lipinski definition) is 1. The SMILES string of the molecule is CNC(c1ccc(Br)c(C(F)(F)F)c1)c1ccco1. The van der Waals surface area contributed by atoms with Crippen molar-refractivity contribution in [1.82, 2.24) is 5.32 Å². The molecule has 1 atom stereocenters. The maximum absolute atomic E-state index is 12.9. The van der Waals surface area contributed by atoms with Crippen LogP contribution in [0.15, 0.2) is 45.5 Å². The lowest BCUT2D eigenvalue weighted by atomic mass is 10.0. The molecule has 0 radical (unpaired) electrons. The lowest BCUT2D eigenvalue weighted by molar-refractivity contribution is -0.138. The van der Waals surface area contributed by atoms with Crippen molar-refractivity contribution in [3.8, 4) is 0 Å². The molecule has 0 spiro atoms. The molecular weight excluding hydrogens is 323 g/mol. The Balaban J connectivity index is 2.45. The fraction of sp³-hybridized carbons (Fsp3) is 0.231. The number of benzene rings is 1. The molecule has 6 heteroatoms. The molecule has 0 aliphatic heterocycles. The minimum Gasteiger partial charge on any atom is -0.467 e. The van der Waals surface area contributed by atoms with Crippen LogP contribution in [0, 0.1) is 0 Å². The first-order valence-corrected chi connectivity index (χ1v) is 6.30. The van der Waals surface area contributed by atoms with Crippen LogP contribution in [0.3, 0.4) is 0 Å². The molecule has 1 N–H and O–H groups in total. The van der Waals surface area contributed by atoms with Gasteiger partial charge < -0.3 is 9.73 Å². The highest BCUT2D eigenvalue weighted by molar-refractivity contribution is 9.10. The summed E-state index contributed by atoms with van der Waals surface area (Å²) in [6.45, 7) is 0. The third-order valence-corrected chi connectivity index (χ3v) is 3.44. The highest BCUT2D eigenvalue weighted by Gasteiger charge is 2.33. The Bertz CT molecular complexity index is 552. The molecule has 1 unspecified atom stereocenters. The van der Waals surface area contributed by atoms with Crippen LogP contribution in [-0.4, -0.2) is 7.05 Å². The third kappa shape index (κ3) is 3.01. The zero-order valence-electron chi connectivity index (χ0n) is 9.96. The van der Waals surface area contributed by atoms with Crippen LogP contribution in [0.25, 0.3) is 0 Å². The van der Waals surface area contributed by atoms with Crippen molar-refractivity contribution in [3.63, 3.8) is 0 Å². The van der Waals surface area contributed by atoms with Gasteiger partial charge in [0.05, 0.1) is 17.9 Å². The maximum atomic E-state index is 12.9. The summed E-state index contributed by atoms with van der Waals surface area (Å²) in [5, 5.41) is 2.94.